The van der Waals surface area contributed by atoms with E-state index in [1.54, 1.807) is 24.8 Å². The molecule has 0 saturated carbocycles. The van der Waals surface area contributed by atoms with Crippen LogP contribution in [0.15, 0.2) is 24.8 Å². The summed E-state index contributed by atoms with van der Waals surface area (Å²) < 4.78 is 0. The van der Waals surface area contributed by atoms with Crippen molar-refractivity contribution < 1.29 is 66.9 Å². The minimum absolute atomic E-state index is 0. The van der Waals surface area contributed by atoms with E-state index in [2.05, 4.69) is 9.97 Å². The van der Waals surface area contributed by atoms with Gasteiger partial charge >= 0.3 is 51.4 Å². The summed E-state index contributed by atoms with van der Waals surface area (Å²) in [5.74, 6) is 0. The van der Waals surface area contributed by atoms with Crippen LogP contribution in [-0.4, -0.2) is 28.2 Å². The van der Waals surface area contributed by atoms with Crippen molar-refractivity contribution in [2.75, 3.05) is 0 Å². The van der Waals surface area contributed by atoms with Gasteiger partial charge in [0.1, 0.15) is 0 Å². The molecular formula is C4H8BKN2O3. The van der Waals surface area contributed by atoms with Crippen molar-refractivity contribution in [2.24, 2.45) is 0 Å². The molecule has 0 aliphatic rings. The average Bonchev–Trinajstić information content (AvgIpc) is 1.93. The smallest absolute Gasteiger partial charge is 0.859 e. The Morgan fingerprint density at radius 3 is 1.36 bits per heavy atom. The zero-order valence-corrected chi connectivity index (χ0v) is 9.39. The Balaban J connectivity index is -0.000000116. The molecule has 7 heteroatoms. The van der Waals surface area contributed by atoms with Gasteiger partial charge in [0.25, 0.3) is 0 Å². The number of hydrogen-bond acceptors (Lipinski definition) is 4. The Morgan fingerprint density at radius 1 is 1.09 bits per heavy atom. The fourth-order valence-electron chi connectivity index (χ4n) is 0.253. The molecule has 1 rings (SSSR count). The van der Waals surface area contributed by atoms with Crippen molar-refractivity contribution in [3.63, 3.8) is 0 Å². The molecule has 5 nitrogen and oxygen atoms in total. The summed E-state index contributed by atoms with van der Waals surface area (Å²) in [6, 6.07) is 0. The van der Waals surface area contributed by atoms with Crippen LogP contribution in [0.25, 0.3) is 0 Å². The van der Waals surface area contributed by atoms with Gasteiger partial charge in [-0.15, -0.1) is 0 Å². The third-order valence-electron chi connectivity index (χ3n) is 0.478. The monoisotopic (exact) mass is 182 g/mol. The first-order valence-corrected chi connectivity index (χ1v) is 2.30. The van der Waals surface area contributed by atoms with Crippen LogP contribution < -0.4 is 56.4 Å². The third-order valence-corrected chi connectivity index (χ3v) is 0.478. The summed E-state index contributed by atoms with van der Waals surface area (Å²) >= 11 is 0. The molecule has 0 aliphatic heterocycles. The van der Waals surface area contributed by atoms with Gasteiger partial charge in [-0.05, 0) is 0 Å². The number of rotatable bonds is 0. The Morgan fingerprint density at radius 2 is 1.27 bits per heavy atom. The zero-order chi connectivity index (χ0) is 6.95. The molecule has 1 aromatic heterocycles. The summed E-state index contributed by atoms with van der Waals surface area (Å²) in [5.41, 5.74) is 0. The first-order valence-electron chi connectivity index (χ1n) is 2.30. The molecule has 1 heterocycles. The summed E-state index contributed by atoms with van der Waals surface area (Å²) in [6.45, 7) is 0. The minimum Gasteiger partial charge on any atom is -0.859 e. The fourth-order valence-corrected chi connectivity index (χ4v) is 0.253. The van der Waals surface area contributed by atoms with Gasteiger partial charge in [-0.1, -0.05) is 0 Å². The van der Waals surface area contributed by atoms with Gasteiger partial charge in [0.2, 0.25) is 0 Å². The van der Waals surface area contributed by atoms with Crippen molar-refractivity contribution >= 4 is 7.69 Å². The largest absolute Gasteiger partial charge is 1.00 e. The average molecular weight is 182 g/mol. The quantitative estimate of drug-likeness (QED) is 0.404. The van der Waals surface area contributed by atoms with Gasteiger partial charge in [0.05, 0.1) is 0 Å². The number of nitrogens with zero attached hydrogens (tertiary/aromatic N) is 2. The minimum atomic E-state index is -1.00. The van der Waals surface area contributed by atoms with Crippen molar-refractivity contribution in [2.45, 2.75) is 0 Å². The van der Waals surface area contributed by atoms with Gasteiger partial charge in [-0.3, -0.25) is 9.97 Å². The fraction of sp³-hybridized carbons (Fsp3) is 0. The van der Waals surface area contributed by atoms with Gasteiger partial charge in [0, 0.05) is 24.8 Å². The maximum atomic E-state index is 8.49. The molecule has 0 amide bonds. The van der Waals surface area contributed by atoms with Crippen LogP contribution in [0.4, 0.5) is 0 Å². The van der Waals surface area contributed by atoms with Crippen molar-refractivity contribution in [1.82, 2.24) is 9.97 Å². The molecule has 1 aromatic rings. The van der Waals surface area contributed by atoms with Crippen LogP contribution in [-0.2, 0) is 0 Å². The van der Waals surface area contributed by atoms with Crippen LogP contribution in [0, 0.1) is 0 Å². The zero-order valence-electron chi connectivity index (χ0n) is 6.27. The van der Waals surface area contributed by atoms with E-state index in [0.29, 0.717) is 0 Å². The van der Waals surface area contributed by atoms with Crippen molar-refractivity contribution in [1.29, 1.82) is 0 Å². The molecule has 3 N–H and O–H groups in total. The van der Waals surface area contributed by atoms with Crippen LogP contribution >= 0.6 is 0 Å². The van der Waals surface area contributed by atoms with E-state index in [4.69, 9.17) is 10.0 Å². The molecule has 0 atom stereocenters. The van der Waals surface area contributed by atoms with Gasteiger partial charge in [-0.2, -0.15) is 0 Å². The van der Waals surface area contributed by atoms with E-state index in [1.807, 2.05) is 0 Å². The Bertz CT molecular complexity index is 106. The normalized spacial score (nSPS) is 5.64. The van der Waals surface area contributed by atoms with Crippen LogP contribution in [0.1, 0.15) is 0 Å². The topological polar surface area (TPSA) is 101 Å². The molecule has 0 spiro atoms. The van der Waals surface area contributed by atoms with E-state index in [9.17, 15) is 0 Å². The predicted molar refractivity (Wildman–Crippen MR) is 35.0 cm³/mol. The molecule has 0 bridgehead atoms. The second kappa shape index (κ2) is 17.0. The first-order chi connectivity index (χ1) is 4.41. The molecule has 0 saturated heterocycles. The van der Waals surface area contributed by atoms with E-state index in [1.165, 1.54) is 0 Å². The van der Waals surface area contributed by atoms with Crippen LogP contribution in [0.5, 0.6) is 0 Å². The van der Waals surface area contributed by atoms with Crippen LogP contribution in [0.3, 0.4) is 0 Å². The summed E-state index contributed by atoms with van der Waals surface area (Å²) in [4.78, 5) is 7.44. The van der Waals surface area contributed by atoms with Gasteiger partial charge in [-0.25, -0.2) is 0 Å². The first kappa shape index (κ1) is 17.7. The Labute approximate surface area is 108 Å². The molecule has 0 aromatic carbocycles. The maximum absolute atomic E-state index is 8.49. The number of aromatic nitrogens is 2. The molecule has 0 aliphatic carbocycles. The maximum Gasteiger partial charge on any atom is 1.00 e. The summed E-state index contributed by atoms with van der Waals surface area (Å²) in [6.07, 6.45) is 6.56. The van der Waals surface area contributed by atoms with E-state index in [-0.39, 0.29) is 56.9 Å². The van der Waals surface area contributed by atoms with Gasteiger partial charge < -0.3 is 15.5 Å². The van der Waals surface area contributed by atoms with Crippen molar-refractivity contribution in [3.05, 3.63) is 24.8 Å². The molecule has 0 radical (unpaired) electrons. The molecule has 0 fully saturated rings. The standard InChI is InChI=1S/C4H4N2.BH2O2.K.H2O/c1-2-6-4-3-5-1;2-1-3;;/h1-4H;1-2H;;1H2/q;-1;+1;. The van der Waals surface area contributed by atoms with Gasteiger partial charge in [0.15, 0.2) is 7.69 Å². The number of hydrogen-bond donors (Lipinski definition) is 1. The molecule has 0 unspecified atom stereocenters. The van der Waals surface area contributed by atoms with Crippen molar-refractivity contribution in [3.8, 4) is 0 Å². The van der Waals surface area contributed by atoms with E-state index in [0.717, 1.165) is 0 Å². The van der Waals surface area contributed by atoms with Crippen LogP contribution in [0.2, 0.25) is 0 Å². The third kappa shape index (κ3) is 18.0. The summed E-state index contributed by atoms with van der Waals surface area (Å²) in [7, 11) is -1.00. The van der Waals surface area contributed by atoms with E-state index < -0.39 is 7.69 Å². The predicted octanol–water partition coefficient (Wildman–Crippen LogP) is -5.74. The second-order valence-electron chi connectivity index (χ2n) is 1.02. The summed E-state index contributed by atoms with van der Waals surface area (Å²) in [5, 5.41) is 15.5. The SMILES string of the molecule is O.[K+].[O-]BO.c1cnccn1. The molecule has 56 valence electrons. The molecular weight excluding hydrogens is 174 g/mol. The Hall–Kier alpha value is 0.661. The second-order valence-corrected chi connectivity index (χ2v) is 1.02. The molecule has 11 heavy (non-hydrogen) atoms. The Kier molecular flexibility index (Phi) is 27.2. The van der Waals surface area contributed by atoms with E-state index >= 15 is 0 Å².